The van der Waals surface area contributed by atoms with E-state index in [2.05, 4.69) is 0 Å². The molecule has 154 valence electrons. The maximum atomic E-state index is 13.6. The zero-order chi connectivity index (χ0) is 21.7. The zero-order valence-corrected chi connectivity index (χ0v) is 16.8. The van der Waals surface area contributed by atoms with E-state index in [9.17, 15) is 18.4 Å². The van der Waals surface area contributed by atoms with E-state index in [-0.39, 0.29) is 16.9 Å². The van der Waals surface area contributed by atoms with Crippen LogP contribution in [0.3, 0.4) is 0 Å². The number of hydrogen-bond acceptors (Lipinski definition) is 3. The SMILES string of the molecule is CCCC(Oc1c(C=O)cc(C)cc1C=O)(c1ccc(F)cc1)c1ccc(F)cc1. The molecule has 0 heterocycles. The van der Waals surface area contributed by atoms with Gasteiger partial charge in [-0.15, -0.1) is 0 Å². The maximum Gasteiger partial charge on any atom is 0.159 e. The topological polar surface area (TPSA) is 43.4 Å². The average molecular weight is 408 g/mol. The van der Waals surface area contributed by atoms with Gasteiger partial charge >= 0.3 is 0 Å². The first kappa shape index (κ1) is 21.4. The zero-order valence-electron chi connectivity index (χ0n) is 16.8. The molecule has 0 aromatic heterocycles. The van der Waals surface area contributed by atoms with Crippen molar-refractivity contribution in [3.05, 3.63) is 100 Å². The summed E-state index contributed by atoms with van der Waals surface area (Å²) in [6.07, 6.45) is 2.41. The summed E-state index contributed by atoms with van der Waals surface area (Å²) in [6, 6.07) is 15.0. The molecule has 0 fully saturated rings. The second kappa shape index (κ2) is 8.99. The van der Waals surface area contributed by atoms with Crippen LogP contribution in [0.4, 0.5) is 8.78 Å². The molecule has 0 aliphatic heterocycles. The van der Waals surface area contributed by atoms with Crippen LogP contribution < -0.4 is 4.74 Å². The van der Waals surface area contributed by atoms with Crippen molar-refractivity contribution in [3.63, 3.8) is 0 Å². The van der Waals surface area contributed by atoms with Crippen molar-refractivity contribution in [2.24, 2.45) is 0 Å². The predicted molar refractivity (Wildman–Crippen MR) is 111 cm³/mol. The van der Waals surface area contributed by atoms with Gasteiger partial charge in [-0.25, -0.2) is 8.78 Å². The highest BCUT2D eigenvalue weighted by atomic mass is 19.1. The Hall–Kier alpha value is -3.34. The van der Waals surface area contributed by atoms with E-state index in [4.69, 9.17) is 4.74 Å². The van der Waals surface area contributed by atoms with Gasteiger partial charge < -0.3 is 4.74 Å². The summed E-state index contributed by atoms with van der Waals surface area (Å²) in [4.78, 5) is 23.5. The fraction of sp³-hybridized carbons (Fsp3) is 0.200. The molecule has 0 radical (unpaired) electrons. The molecule has 3 rings (SSSR count). The molecule has 3 nitrogen and oxygen atoms in total. The number of rotatable bonds is 8. The third-order valence-electron chi connectivity index (χ3n) is 5.04. The Labute approximate surface area is 174 Å². The van der Waals surface area contributed by atoms with Gasteiger partial charge in [0.1, 0.15) is 17.4 Å². The molecule has 3 aromatic carbocycles. The molecular weight excluding hydrogens is 386 g/mol. The molecule has 0 bridgehead atoms. The van der Waals surface area contributed by atoms with Crippen LogP contribution in [-0.2, 0) is 5.60 Å². The summed E-state index contributed by atoms with van der Waals surface area (Å²) in [6.45, 7) is 3.74. The molecule has 0 aliphatic rings. The average Bonchev–Trinajstić information content (AvgIpc) is 2.75. The Morgan fingerprint density at radius 2 is 1.27 bits per heavy atom. The van der Waals surface area contributed by atoms with Crippen molar-refractivity contribution in [2.45, 2.75) is 32.3 Å². The number of benzene rings is 3. The number of aryl methyl sites for hydroxylation is 1. The Morgan fingerprint density at radius 3 is 1.63 bits per heavy atom. The third kappa shape index (κ3) is 4.15. The summed E-state index contributed by atoms with van der Waals surface area (Å²) in [5, 5.41) is 0. The highest BCUT2D eigenvalue weighted by Gasteiger charge is 2.37. The van der Waals surface area contributed by atoms with Gasteiger partial charge in [-0.3, -0.25) is 9.59 Å². The van der Waals surface area contributed by atoms with Crippen LogP contribution in [0.5, 0.6) is 5.75 Å². The molecule has 0 saturated heterocycles. The lowest BCUT2D eigenvalue weighted by atomic mass is 9.82. The molecule has 0 atom stereocenters. The molecule has 3 aromatic rings. The molecule has 0 amide bonds. The minimum Gasteiger partial charge on any atom is -0.476 e. The molecule has 0 saturated carbocycles. The van der Waals surface area contributed by atoms with E-state index in [1.54, 1.807) is 43.3 Å². The van der Waals surface area contributed by atoms with Gasteiger partial charge in [0.25, 0.3) is 0 Å². The van der Waals surface area contributed by atoms with Gasteiger partial charge in [0.15, 0.2) is 18.2 Å². The van der Waals surface area contributed by atoms with Crippen LogP contribution in [0.2, 0.25) is 0 Å². The minimum absolute atomic E-state index is 0.146. The Morgan fingerprint density at radius 1 is 0.833 bits per heavy atom. The number of hydrogen-bond donors (Lipinski definition) is 0. The van der Waals surface area contributed by atoms with Crippen molar-refractivity contribution in [3.8, 4) is 5.75 Å². The second-order valence-corrected chi connectivity index (χ2v) is 7.20. The first-order valence-corrected chi connectivity index (χ1v) is 9.69. The van der Waals surface area contributed by atoms with Crippen LogP contribution in [0, 0.1) is 18.6 Å². The maximum absolute atomic E-state index is 13.6. The fourth-order valence-electron chi connectivity index (χ4n) is 3.71. The first-order chi connectivity index (χ1) is 14.4. The summed E-state index contributed by atoms with van der Waals surface area (Å²) in [5.74, 6) is -0.658. The number of carbonyl (C=O) groups excluding carboxylic acids is 2. The lowest BCUT2D eigenvalue weighted by Gasteiger charge is -2.36. The van der Waals surface area contributed by atoms with Gasteiger partial charge in [-0.1, -0.05) is 37.6 Å². The highest BCUT2D eigenvalue weighted by Crippen LogP contribution is 2.41. The lowest BCUT2D eigenvalue weighted by molar-refractivity contribution is 0.0926. The molecular formula is C25H22F2O3. The van der Waals surface area contributed by atoms with E-state index in [1.165, 1.54) is 24.3 Å². The molecule has 30 heavy (non-hydrogen) atoms. The molecule has 0 spiro atoms. The minimum atomic E-state index is -1.15. The molecule has 0 unspecified atom stereocenters. The van der Waals surface area contributed by atoms with Gasteiger partial charge in [0, 0.05) is 11.1 Å². The van der Waals surface area contributed by atoms with Crippen LogP contribution in [0.15, 0.2) is 60.7 Å². The van der Waals surface area contributed by atoms with Crippen LogP contribution in [-0.4, -0.2) is 12.6 Å². The summed E-state index contributed by atoms with van der Waals surface area (Å²) >= 11 is 0. The normalized spacial score (nSPS) is 11.2. The van der Waals surface area contributed by atoms with Gasteiger partial charge in [0.05, 0.1) is 11.1 Å². The summed E-state index contributed by atoms with van der Waals surface area (Å²) in [7, 11) is 0. The van der Waals surface area contributed by atoms with Gasteiger partial charge in [0.2, 0.25) is 0 Å². The summed E-state index contributed by atoms with van der Waals surface area (Å²) in [5.41, 5.74) is 1.33. The molecule has 0 N–H and O–H groups in total. The van der Waals surface area contributed by atoms with Gasteiger partial charge in [-0.05, 0) is 55.3 Å². The Kier molecular flexibility index (Phi) is 6.40. The van der Waals surface area contributed by atoms with Crippen LogP contribution in [0.1, 0.15) is 57.2 Å². The van der Waals surface area contributed by atoms with E-state index in [0.29, 0.717) is 36.5 Å². The largest absolute Gasteiger partial charge is 0.476 e. The van der Waals surface area contributed by atoms with Crippen molar-refractivity contribution in [2.75, 3.05) is 0 Å². The van der Waals surface area contributed by atoms with Crippen LogP contribution in [0.25, 0.3) is 0 Å². The van der Waals surface area contributed by atoms with E-state index >= 15 is 0 Å². The Balaban J connectivity index is 2.29. The second-order valence-electron chi connectivity index (χ2n) is 7.20. The number of halogens is 2. The van der Waals surface area contributed by atoms with Crippen LogP contribution >= 0.6 is 0 Å². The smallest absolute Gasteiger partial charge is 0.159 e. The van der Waals surface area contributed by atoms with E-state index in [0.717, 1.165) is 5.56 Å². The Bertz CT molecular complexity index is 966. The van der Waals surface area contributed by atoms with Crippen molar-refractivity contribution in [1.29, 1.82) is 0 Å². The van der Waals surface area contributed by atoms with Crippen molar-refractivity contribution in [1.82, 2.24) is 0 Å². The predicted octanol–water partition coefficient (Wildman–Crippen LogP) is 6.02. The highest BCUT2D eigenvalue weighted by molar-refractivity contribution is 5.89. The number of ether oxygens (including phenoxy) is 1. The monoisotopic (exact) mass is 408 g/mol. The van der Waals surface area contributed by atoms with E-state index in [1.807, 2.05) is 6.92 Å². The molecule has 5 heteroatoms. The summed E-state index contributed by atoms with van der Waals surface area (Å²) < 4.78 is 33.8. The lowest BCUT2D eigenvalue weighted by Crippen LogP contribution is -2.35. The number of aldehydes is 2. The molecule has 0 aliphatic carbocycles. The van der Waals surface area contributed by atoms with Crippen molar-refractivity contribution < 1.29 is 23.1 Å². The fourth-order valence-corrected chi connectivity index (χ4v) is 3.71. The quantitative estimate of drug-likeness (QED) is 0.428. The van der Waals surface area contributed by atoms with Gasteiger partial charge in [-0.2, -0.15) is 0 Å². The number of carbonyl (C=O) groups is 2. The first-order valence-electron chi connectivity index (χ1n) is 9.69. The standard InChI is InChI=1S/C25H22F2O3/c1-3-12-25(20-4-8-22(26)9-5-20,21-6-10-23(27)11-7-21)30-24-18(15-28)13-17(2)14-19(24)16-29/h4-11,13-16H,3,12H2,1-2H3. The third-order valence-corrected chi connectivity index (χ3v) is 5.04. The van der Waals surface area contributed by atoms with Crippen molar-refractivity contribution >= 4 is 12.6 Å². The van der Waals surface area contributed by atoms with E-state index < -0.39 is 17.2 Å².